The Morgan fingerprint density at radius 2 is 2.04 bits per heavy atom. The third-order valence-corrected chi connectivity index (χ3v) is 3.92. The molecule has 0 N–H and O–H groups in total. The molecule has 0 radical (unpaired) electrons. The number of nitriles is 1. The standard InChI is InChI=1S/C20H12FN3O2/c1-23-16(11-22)19(25)13-8-9-14-15(10-13)24-18(17(21)20(14)26-2)12-6-4-3-5-7-12/h3-10,16H,2H3. The topological polar surface area (TPSA) is 67.3 Å². The average molecular weight is 345 g/mol. The molecular formula is C20H12FN3O2. The number of hydrogen-bond donors (Lipinski definition) is 0. The molecule has 6 heteroatoms. The van der Waals surface area contributed by atoms with Gasteiger partial charge in [-0.2, -0.15) is 5.26 Å². The van der Waals surface area contributed by atoms with Crippen LogP contribution in [0.4, 0.5) is 4.39 Å². The zero-order valence-electron chi connectivity index (χ0n) is 13.7. The summed E-state index contributed by atoms with van der Waals surface area (Å²) >= 11 is 0. The number of halogens is 1. The Morgan fingerprint density at radius 3 is 2.65 bits per heavy atom. The molecule has 3 rings (SSSR count). The molecule has 0 saturated carbocycles. The molecule has 1 aromatic heterocycles. The second-order valence-corrected chi connectivity index (χ2v) is 5.43. The highest BCUT2D eigenvalue weighted by Gasteiger charge is 2.25. The normalized spacial score (nSPS) is 11.4. The zero-order chi connectivity index (χ0) is 18.7. The first-order valence-electron chi connectivity index (χ1n) is 7.63. The van der Waals surface area contributed by atoms with Crippen molar-refractivity contribution in [2.75, 3.05) is 7.11 Å². The number of ether oxygens (including phenoxy) is 1. The van der Waals surface area contributed by atoms with Gasteiger partial charge in [0, 0.05) is 16.5 Å². The number of aromatic nitrogens is 1. The minimum Gasteiger partial charge on any atom is -0.493 e. The molecule has 1 heterocycles. The molecule has 1 atom stereocenters. The fourth-order valence-corrected chi connectivity index (χ4v) is 2.66. The SMILES string of the molecule is [C-]#[N+]C(C#N)C(=O)c1ccc2c(OC)c(F)c(-c3ccccc3)nc2c1. The van der Waals surface area contributed by atoms with E-state index in [1.165, 1.54) is 25.3 Å². The van der Waals surface area contributed by atoms with E-state index in [4.69, 9.17) is 16.6 Å². The van der Waals surface area contributed by atoms with Crippen LogP contribution in [0.2, 0.25) is 0 Å². The van der Waals surface area contributed by atoms with Gasteiger partial charge in [0.25, 0.3) is 5.78 Å². The predicted octanol–water partition coefficient (Wildman–Crippen LogP) is 4.04. The van der Waals surface area contributed by atoms with Crippen LogP contribution in [0.5, 0.6) is 5.75 Å². The van der Waals surface area contributed by atoms with Crippen molar-refractivity contribution in [3.63, 3.8) is 0 Å². The lowest BCUT2D eigenvalue weighted by molar-refractivity contribution is 0.0991. The van der Waals surface area contributed by atoms with E-state index in [0.717, 1.165) is 0 Å². The van der Waals surface area contributed by atoms with Gasteiger partial charge in [-0.25, -0.2) is 15.9 Å². The fourth-order valence-electron chi connectivity index (χ4n) is 2.66. The summed E-state index contributed by atoms with van der Waals surface area (Å²) in [5, 5.41) is 9.31. The second kappa shape index (κ2) is 7.00. The largest absolute Gasteiger partial charge is 0.493 e. The molecule has 0 spiro atoms. The number of carbonyl (C=O) groups excluding carboxylic acids is 1. The van der Waals surface area contributed by atoms with Gasteiger partial charge in [0.05, 0.1) is 12.6 Å². The number of fused-ring (bicyclic) bond motifs is 1. The van der Waals surface area contributed by atoms with Crippen molar-refractivity contribution in [1.29, 1.82) is 5.26 Å². The molecule has 1 unspecified atom stereocenters. The zero-order valence-corrected chi connectivity index (χ0v) is 13.7. The van der Waals surface area contributed by atoms with E-state index in [1.807, 2.05) is 6.07 Å². The Kier molecular flexibility index (Phi) is 4.59. The van der Waals surface area contributed by atoms with E-state index in [2.05, 4.69) is 9.83 Å². The number of rotatable bonds is 4. The molecule has 0 saturated heterocycles. The maximum atomic E-state index is 14.8. The van der Waals surface area contributed by atoms with E-state index < -0.39 is 17.6 Å². The number of nitrogens with zero attached hydrogens (tertiary/aromatic N) is 3. The quantitative estimate of drug-likeness (QED) is 0.529. The van der Waals surface area contributed by atoms with E-state index >= 15 is 0 Å². The summed E-state index contributed by atoms with van der Waals surface area (Å²) in [5.74, 6) is -1.19. The van der Waals surface area contributed by atoms with Gasteiger partial charge in [0.2, 0.25) is 0 Å². The van der Waals surface area contributed by atoms with Crippen LogP contribution in [0.1, 0.15) is 10.4 Å². The fraction of sp³-hybridized carbons (Fsp3) is 0.100. The van der Waals surface area contributed by atoms with E-state index in [1.54, 1.807) is 30.3 Å². The molecule has 0 aliphatic carbocycles. The second-order valence-electron chi connectivity index (χ2n) is 5.43. The van der Waals surface area contributed by atoms with Crippen LogP contribution >= 0.6 is 0 Å². The first-order chi connectivity index (χ1) is 12.6. The van der Waals surface area contributed by atoms with Crippen molar-refractivity contribution in [3.05, 3.63) is 71.3 Å². The third-order valence-electron chi connectivity index (χ3n) is 3.92. The molecule has 2 aromatic carbocycles. The van der Waals surface area contributed by atoms with Crippen molar-refractivity contribution in [3.8, 4) is 23.1 Å². The van der Waals surface area contributed by atoms with Crippen LogP contribution in [-0.4, -0.2) is 23.9 Å². The van der Waals surface area contributed by atoms with E-state index in [9.17, 15) is 9.18 Å². The molecule has 0 fully saturated rings. The lowest BCUT2D eigenvalue weighted by Crippen LogP contribution is -2.14. The minimum atomic E-state index is -1.41. The highest BCUT2D eigenvalue weighted by Crippen LogP contribution is 2.34. The van der Waals surface area contributed by atoms with Gasteiger partial charge < -0.3 is 4.74 Å². The van der Waals surface area contributed by atoms with Gasteiger partial charge >= 0.3 is 6.04 Å². The van der Waals surface area contributed by atoms with Crippen molar-refractivity contribution < 1.29 is 13.9 Å². The molecule has 0 bridgehead atoms. The van der Waals surface area contributed by atoms with Crippen LogP contribution in [0.25, 0.3) is 27.0 Å². The molecule has 126 valence electrons. The Hall–Kier alpha value is -3.77. The van der Waals surface area contributed by atoms with Crippen LogP contribution in [0.3, 0.4) is 0 Å². The van der Waals surface area contributed by atoms with Crippen molar-refractivity contribution in [1.82, 2.24) is 4.98 Å². The van der Waals surface area contributed by atoms with E-state index in [-0.39, 0.29) is 17.0 Å². The summed E-state index contributed by atoms with van der Waals surface area (Å²) in [6.45, 7) is 6.94. The van der Waals surface area contributed by atoms with Gasteiger partial charge in [0.15, 0.2) is 17.6 Å². The Labute approximate surface area is 149 Å². The van der Waals surface area contributed by atoms with Crippen LogP contribution in [-0.2, 0) is 0 Å². The summed E-state index contributed by atoms with van der Waals surface area (Å²) in [6.07, 6.45) is 0. The number of hydrogen-bond acceptors (Lipinski definition) is 4. The van der Waals surface area contributed by atoms with Gasteiger partial charge in [-0.15, -0.1) is 0 Å². The van der Waals surface area contributed by atoms with Crippen molar-refractivity contribution >= 4 is 16.7 Å². The number of benzene rings is 2. The Morgan fingerprint density at radius 1 is 1.31 bits per heavy atom. The molecule has 26 heavy (non-hydrogen) atoms. The lowest BCUT2D eigenvalue weighted by atomic mass is 10.0. The molecule has 3 aromatic rings. The maximum Gasteiger partial charge on any atom is 0.368 e. The predicted molar refractivity (Wildman–Crippen MR) is 94.0 cm³/mol. The van der Waals surface area contributed by atoms with Crippen molar-refractivity contribution in [2.45, 2.75) is 6.04 Å². The molecule has 0 aliphatic heterocycles. The van der Waals surface area contributed by atoms with Gasteiger partial charge in [-0.3, -0.25) is 9.64 Å². The number of methoxy groups -OCH3 is 1. The Balaban J connectivity index is 2.24. The van der Waals surface area contributed by atoms with E-state index in [0.29, 0.717) is 16.5 Å². The van der Waals surface area contributed by atoms with Crippen molar-refractivity contribution in [2.24, 2.45) is 0 Å². The summed E-state index contributed by atoms with van der Waals surface area (Å²) < 4.78 is 20.1. The number of ketones is 1. The number of pyridine rings is 1. The van der Waals surface area contributed by atoms with Crippen LogP contribution in [0.15, 0.2) is 48.5 Å². The highest BCUT2D eigenvalue weighted by atomic mass is 19.1. The minimum absolute atomic E-state index is 0.0230. The average Bonchev–Trinajstić information content (AvgIpc) is 2.68. The third kappa shape index (κ3) is 2.85. The first-order valence-corrected chi connectivity index (χ1v) is 7.63. The monoisotopic (exact) mass is 345 g/mol. The van der Waals surface area contributed by atoms with Gasteiger partial charge in [-0.05, 0) is 12.1 Å². The molecule has 5 nitrogen and oxygen atoms in total. The smallest absolute Gasteiger partial charge is 0.368 e. The Bertz CT molecular complexity index is 1070. The highest BCUT2D eigenvalue weighted by molar-refractivity contribution is 6.05. The summed E-state index contributed by atoms with van der Waals surface area (Å²) in [5.41, 5.74) is 1.18. The summed E-state index contributed by atoms with van der Waals surface area (Å²) in [4.78, 5) is 19.6. The van der Waals surface area contributed by atoms with Gasteiger partial charge in [0.1, 0.15) is 5.69 Å². The molecular weight excluding hydrogens is 333 g/mol. The van der Waals surface area contributed by atoms with Crippen LogP contribution in [0, 0.1) is 23.7 Å². The van der Waals surface area contributed by atoms with Gasteiger partial charge in [-0.1, -0.05) is 36.4 Å². The number of Topliss-reactive ketones (excluding diaryl/α,β-unsaturated/α-hetero) is 1. The number of carbonyl (C=O) groups is 1. The molecule has 0 amide bonds. The van der Waals surface area contributed by atoms with Crippen LogP contribution < -0.4 is 4.74 Å². The lowest BCUT2D eigenvalue weighted by Gasteiger charge is -2.11. The first kappa shape index (κ1) is 17.1. The molecule has 0 aliphatic rings. The maximum absolute atomic E-state index is 14.8. The summed E-state index contributed by atoms with van der Waals surface area (Å²) in [6, 6.07) is 13.4. The summed E-state index contributed by atoms with van der Waals surface area (Å²) in [7, 11) is 1.36.